The van der Waals surface area contributed by atoms with Crippen LogP contribution in [0.25, 0.3) is 0 Å². The Hall–Kier alpha value is -0.150. The Balaban J connectivity index is 2.62. The first-order valence-electron chi connectivity index (χ1n) is 3.43. The second-order valence-corrected chi connectivity index (χ2v) is 3.78. The van der Waals surface area contributed by atoms with Crippen LogP contribution in [-0.4, -0.2) is 21.4 Å². The van der Waals surface area contributed by atoms with Gasteiger partial charge in [-0.15, -0.1) is 23.4 Å². The molecule has 2 nitrogen and oxygen atoms in total. The first kappa shape index (κ1) is 8.94. The van der Waals surface area contributed by atoms with Crippen LogP contribution in [-0.2, 0) is 7.05 Å². The van der Waals surface area contributed by atoms with Crippen molar-refractivity contribution in [2.24, 2.45) is 7.05 Å². The molecule has 1 aromatic heterocycles. The van der Waals surface area contributed by atoms with Crippen molar-refractivity contribution in [1.29, 1.82) is 0 Å². The molecular formula is C7H11ClN2S. The first-order valence-corrected chi connectivity index (χ1v) is 4.95. The molecule has 4 heteroatoms. The van der Waals surface area contributed by atoms with Gasteiger partial charge in [0.25, 0.3) is 0 Å². The lowest BCUT2D eigenvalue weighted by Crippen LogP contribution is -1.93. The van der Waals surface area contributed by atoms with Gasteiger partial charge in [-0.25, -0.2) is 0 Å². The predicted molar refractivity (Wildman–Crippen MR) is 49.4 cm³/mol. The number of hydrogen-bond acceptors (Lipinski definition) is 2. The van der Waals surface area contributed by atoms with Gasteiger partial charge in [0.1, 0.15) is 0 Å². The van der Waals surface area contributed by atoms with E-state index in [4.69, 9.17) is 11.6 Å². The summed E-state index contributed by atoms with van der Waals surface area (Å²) in [5.41, 5.74) is 1.06. The molecule has 62 valence electrons. The lowest BCUT2D eigenvalue weighted by Gasteiger charge is -1.97. The van der Waals surface area contributed by atoms with E-state index in [0.29, 0.717) is 5.88 Å². The van der Waals surface area contributed by atoms with Crippen molar-refractivity contribution >= 4 is 23.4 Å². The van der Waals surface area contributed by atoms with E-state index in [9.17, 15) is 0 Å². The molecule has 0 saturated carbocycles. The summed E-state index contributed by atoms with van der Waals surface area (Å²) in [6.07, 6.45) is 0. The molecule has 11 heavy (non-hydrogen) atoms. The number of rotatable bonds is 3. The summed E-state index contributed by atoms with van der Waals surface area (Å²) in [5, 5.41) is 5.40. The summed E-state index contributed by atoms with van der Waals surface area (Å²) in [5.74, 6) is 1.63. The van der Waals surface area contributed by atoms with Crippen LogP contribution in [0.3, 0.4) is 0 Å². The SMILES string of the molecule is Cc1cc(SCCCl)n(C)n1. The maximum atomic E-state index is 5.56. The molecule has 0 saturated heterocycles. The minimum Gasteiger partial charge on any atom is -0.262 e. The maximum Gasteiger partial charge on any atom is 0.0939 e. The van der Waals surface area contributed by atoms with Crippen LogP contribution in [0.1, 0.15) is 5.69 Å². The van der Waals surface area contributed by atoms with E-state index >= 15 is 0 Å². The first-order chi connectivity index (χ1) is 5.24. The van der Waals surface area contributed by atoms with Crippen LogP contribution in [0.2, 0.25) is 0 Å². The van der Waals surface area contributed by atoms with Crippen molar-refractivity contribution in [3.63, 3.8) is 0 Å². The lowest BCUT2D eigenvalue weighted by atomic mass is 10.5. The molecule has 0 radical (unpaired) electrons. The molecule has 0 aliphatic carbocycles. The maximum absolute atomic E-state index is 5.56. The summed E-state index contributed by atoms with van der Waals surface area (Å²) >= 11 is 7.30. The molecule has 1 heterocycles. The number of halogens is 1. The Bertz CT molecular complexity index is 234. The second kappa shape index (κ2) is 4.02. The van der Waals surface area contributed by atoms with E-state index in [-0.39, 0.29) is 0 Å². The fraction of sp³-hybridized carbons (Fsp3) is 0.571. The van der Waals surface area contributed by atoms with E-state index in [2.05, 4.69) is 11.2 Å². The van der Waals surface area contributed by atoms with Gasteiger partial charge in [0, 0.05) is 18.7 Å². The van der Waals surface area contributed by atoms with Crippen LogP contribution in [0.15, 0.2) is 11.1 Å². The zero-order valence-corrected chi connectivity index (χ0v) is 8.24. The fourth-order valence-corrected chi connectivity index (χ4v) is 1.86. The molecule has 1 rings (SSSR count). The predicted octanol–water partition coefficient (Wildman–Crippen LogP) is 2.06. The van der Waals surface area contributed by atoms with Crippen molar-refractivity contribution < 1.29 is 0 Å². The van der Waals surface area contributed by atoms with Gasteiger partial charge in [-0.05, 0) is 13.0 Å². The number of aromatic nitrogens is 2. The van der Waals surface area contributed by atoms with Crippen LogP contribution >= 0.6 is 23.4 Å². The van der Waals surface area contributed by atoms with Gasteiger partial charge in [-0.2, -0.15) is 5.10 Å². The topological polar surface area (TPSA) is 17.8 Å². The van der Waals surface area contributed by atoms with Gasteiger partial charge in [-0.1, -0.05) is 0 Å². The molecule has 0 unspecified atom stereocenters. The van der Waals surface area contributed by atoms with Crippen LogP contribution in [0, 0.1) is 6.92 Å². The molecule has 0 spiro atoms. The fourth-order valence-electron chi connectivity index (χ4n) is 0.865. The molecule has 0 N–H and O–H groups in total. The standard InChI is InChI=1S/C7H11ClN2S/c1-6-5-7(10(2)9-6)11-4-3-8/h5H,3-4H2,1-2H3. The highest BCUT2D eigenvalue weighted by Crippen LogP contribution is 2.17. The van der Waals surface area contributed by atoms with Crippen molar-refractivity contribution in [3.8, 4) is 0 Å². The number of nitrogens with zero attached hydrogens (tertiary/aromatic N) is 2. The third-order valence-electron chi connectivity index (χ3n) is 1.29. The zero-order valence-electron chi connectivity index (χ0n) is 6.67. The Morgan fingerprint density at radius 2 is 2.45 bits per heavy atom. The average molecular weight is 191 g/mol. The molecule has 1 aromatic rings. The van der Waals surface area contributed by atoms with Crippen molar-refractivity contribution in [1.82, 2.24) is 9.78 Å². The Labute approximate surface area is 75.9 Å². The quantitative estimate of drug-likeness (QED) is 0.537. The Morgan fingerprint density at radius 3 is 2.91 bits per heavy atom. The smallest absolute Gasteiger partial charge is 0.0939 e. The van der Waals surface area contributed by atoms with Gasteiger partial charge in [0.15, 0.2) is 0 Å². The highest BCUT2D eigenvalue weighted by molar-refractivity contribution is 7.99. The Morgan fingerprint density at radius 1 is 1.73 bits per heavy atom. The number of aryl methyl sites for hydroxylation is 2. The van der Waals surface area contributed by atoms with E-state index in [1.165, 1.54) is 5.03 Å². The average Bonchev–Trinajstić information content (AvgIpc) is 2.26. The molecule has 0 fully saturated rings. The van der Waals surface area contributed by atoms with Crippen molar-refractivity contribution in [2.45, 2.75) is 11.9 Å². The summed E-state index contributed by atoms with van der Waals surface area (Å²) in [7, 11) is 1.95. The van der Waals surface area contributed by atoms with Crippen molar-refractivity contribution in [2.75, 3.05) is 11.6 Å². The summed E-state index contributed by atoms with van der Waals surface area (Å²) in [4.78, 5) is 0. The van der Waals surface area contributed by atoms with E-state index in [1.807, 2.05) is 18.7 Å². The zero-order chi connectivity index (χ0) is 8.27. The third-order valence-corrected chi connectivity index (χ3v) is 2.79. The summed E-state index contributed by atoms with van der Waals surface area (Å²) in [6, 6.07) is 2.07. The normalized spacial score (nSPS) is 10.5. The number of hydrogen-bond donors (Lipinski definition) is 0. The summed E-state index contributed by atoms with van der Waals surface area (Å²) in [6.45, 7) is 1.99. The van der Waals surface area contributed by atoms with Crippen LogP contribution in [0.4, 0.5) is 0 Å². The van der Waals surface area contributed by atoms with Crippen LogP contribution < -0.4 is 0 Å². The minimum absolute atomic E-state index is 0.689. The van der Waals surface area contributed by atoms with Crippen molar-refractivity contribution in [3.05, 3.63) is 11.8 Å². The second-order valence-electron chi connectivity index (χ2n) is 2.29. The van der Waals surface area contributed by atoms with E-state index in [1.54, 1.807) is 11.8 Å². The van der Waals surface area contributed by atoms with Crippen LogP contribution in [0.5, 0.6) is 0 Å². The minimum atomic E-state index is 0.689. The summed E-state index contributed by atoms with van der Waals surface area (Å²) < 4.78 is 1.88. The van der Waals surface area contributed by atoms with Gasteiger partial charge in [-0.3, -0.25) is 4.68 Å². The van der Waals surface area contributed by atoms with E-state index in [0.717, 1.165) is 11.4 Å². The number of alkyl halides is 1. The van der Waals surface area contributed by atoms with Gasteiger partial charge < -0.3 is 0 Å². The molecule has 0 atom stereocenters. The Kier molecular flexibility index (Phi) is 3.27. The molecule has 0 amide bonds. The molecule has 0 aliphatic rings. The monoisotopic (exact) mass is 190 g/mol. The largest absolute Gasteiger partial charge is 0.262 e. The van der Waals surface area contributed by atoms with Gasteiger partial charge in [0.05, 0.1) is 10.7 Å². The van der Waals surface area contributed by atoms with Gasteiger partial charge in [0.2, 0.25) is 0 Å². The highest BCUT2D eigenvalue weighted by atomic mass is 35.5. The third kappa shape index (κ3) is 2.42. The van der Waals surface area contributed by atoms with E-state index < -0.39 is 0 Å². The molecule has 0 aliphatic heterocycles. The molecule has 0 bridgehead atoms. The number of thioether (sulfide) groups is 1. The van der Waals surface area contributed by atoms with Gasteiger partial charge >= 0.3 is 0 Å². The highest BCUT2D eigenvalue weighted by Gasteiger charge is 2.00. The molecular weight excluding hydrogens is 180 g/mol. The lowest BCUT2D eigenvalue weighted by molar-refractivity contribution is 0.692. The molecule has 0 aromatic carbocycles.